The Morgan fingerprint density at radius 2 is 2.20 bits per heavy atom. The molecule has 1 rings (SSSR count). The van der Waals surface area contributed by atoms with Gasteiger partial charge in [0.25, 0.3) is 0 Å². The van der Waals surface area contributed by atoms with Crippen LogP contribution in [0.15, 0.2) is 0 Å². The van der Waals surface area contributed by atoms with E-state index in [-0.39, 0.29) is 6.61 Å². The van der Waals surface area contributed by atoms with Crippen molar-refractivity contribution in [2.45, 2.75) is 39.2 Å². The summed E-state index contributed by atoms with van der Waals surface area (Å²) in [7, 11) is 0. The van der Waals surface area contributed by atoms with E-state index in [0.717, 1.165) is 19.1 Å². The van der Waals surface area contributed by atoms with Crippen LogP contribution in [0.3, 0.4) is 0 Å². The van der Waals surface area contributed by atoms with Gasteiger partial charge in [0.15, 0.2) is 0 Å². The molecule has 0 amide bonds. The van der Waals surface area contributed by atoms with Crippen molar-refractivity contribution in [2.24, 2.45) is 5.92 Å². The molecular formula is C12H25NO2. The number of aliphatic hydroxyl groups excluding tert-OH is 1. The first-order chi connectivity index (χ1) is 7.27. The first-order valence-corrected chi connectivity index (χ1v) is 6.20. The van der Waals surface area contributed by atoms with Crippen LogP contribution in [0.5, 0.6) is 0 Å². The number of aliphatic hydroxyl groups is 1. The van der Waals surface area contributed by atoms with E-state index in [0.29, 0.717) is 12.6 Å². The zero-order valence-electron chi connectivity index (χ0n) is 10.1. The summed E-state index contributed by atoms with van der Waals surface area (Å²) in [6.07, 6.45) is 4.00. The van der Waals surface area contributed by atoms with Gasteiger partial charge in [-0.3, -0.25) is 4.90 Å². The van der Waals surface area contributed by atoms with Crippen molar-refractivity contribution in [1.29, 1.82) is 0 Å². The maximum absolute atomic E-state index is 8.58. The number of rotatable bonds is 7. The topological polar surface area (TPSA) is 32.7 Å². The van der Waals surface area contributed by atoms with Crippen LogP contribution in [0, 0.1) is 5.92 Å². The Kier molecular flexibility index (Phi) is 6.22. The van der Waals surface area contributed by atoms with Gasteiger partial charge in [0.2, 0.25) is 0 Å². The van der Waals surface area contributed by atoms with Gasteiger partial charge in [-0.1, -0.05) is 13.3 Å². The summed E-state index contributed by atoms with van der Waals surface area (Å²) in [5, 5.41) is 8.58. The van der Waals surface area contributed by atoms with Crippen molar-refractivity contribution in [3.05, 3.63) is 0 Å². The van der Waals surface area contributed by atoms with Crippen LogP contribution in [0.4, 0.5) is 0 Å². The van der Waals surface area contributed by atoms with Crippen LogP contribution < -0.4 is 0 Å². The highest BCUT2D eigenvalue weighted by Crippen LogP contribution is 2.25. The first-order valence-electron chi connectivity index (χ1n) is 6.20. The molecule has 0 aromatic carbocycles. The molecule has 1 saturated heterocycles. The highest BCUT2D eigenvalue weighted by molar-refractivity contribution is 4.81. The summed E-state index contributed by atoms with van der Waals surface area (Å²) >= 11 is 0. The first kappa shape index (κ1) is 12.9. The second-order valence-corrected chi connectivity index (χ2v) is 4.57. The van der Waals surface area contributed by atoms with E-state index in [2.05, 4.69) is 18.7 Å². The fraction of sp³-hybridized carbons (Fsp3) is 1.00. The molecule has 0 spiro atoms. The van der Waals surface area contributed by atoms with Crippen LogP contribution in [0.1, 0.15) is 33.1 Å². The van der Waals surface area contributed by atoms with Crippen molar-refractivity contribution in [3.8, 4) is 0 Å². The molecule has 1 fully saturated rings. The summed E-state index contributed by atoms with van der Waals surface area (Å²) in [5.74, 6) is 0.892. The monoisotopic (exact) mass is 215 g/mol. The molecule has 3 nitrogen and oxygen atoms in total. The molecule has 2 atom stereocenters. The van der Waals surface area contributed by atoms with Crippen molar-refractivity contribution in [3.63, 3.8) is 0 Å². The van der Waals surface area contributed by atoms with E-state index in [9.17, 15) is 0 Å². The predicted octanol–water partition coefficient (Wildman–Crippen LogP) is 1.51. The van der Waals surface area contributed by atoms with Gasteiger partial charge < -0.3 is 9.84 Å². The minimum absolute atomic E-state index is 0.133. The molecule has 0 aromatic heterocycles. The van der Waals surface area contributed by atoms with Crippen LogP contribution in [-0.2, 0) is 4.74 Å². The smallest absolute Gasteiger partial charge is 0.0698 e. The third-order valence-electron chi connectivity index (χ3n) is 3.25. The highest BCUT2D eigenvalue weighted by atomic mass is 16.5. The molecule has 15 heavy (non-hydrogen) atoms. The molecule has 3 heteroatoms. The van der Waals surface area contributed by atoms with E-state index >= 15 is 0 Å². The maximum Gasteiger partial charge on any atom is 0.0698 e. The molecule has 90 valence electrons. The largest absolute Gasteiger partial charge is 0.394 e. The summed E-state index contributed by atoms with van der Waals surface area (Å²) in [4.78, 5) is 2.51. The lowest BCUT2D eigenvalue weighted by atomic mass is 10.0. The number of hydrogen-bond acceptors (Lipinski definition) is 3. The Morgan fingerprint density at radius 1 is 1.40 bits per heavy atom. The van der Waals surface area contributed by atoms with Gasteiger partial charge >= 0.3 is 0 Å². The summed E-state index contributed by atoms with van der Waals surface area (Å²) in [6, 6.07) is 0.708. The van der Waals surface area contributed by atoms with E-state index in [1.165, 1.54) is 25.8 Å². The van der Waals surface area contributed by atoms with Crippen LogP contribution >= 0.6 is 0 Å². The Morgan fingerprint density at radius 3 is 2.87 bits per heavy atom. The molecule has 1 N–H and O–H groups in total. The molecule has 2 unspecified atom stereocenters. The summed E-state index contributed by atoms with van der Waals surface area (Å²) in [5.41, 5.74) is 0. The highest BCUT2D eigenvalue weighted by Gasteiger charge is 2.27. The minimum atomic E-state index is 0.133. The molecule has 0 aliphatic carbocycles. The fourth-order valence-corrected chi connectivity index (χ4v) is 2.50. The lowest BCUT2D eigenvalue weighted by Gasteiger charge is -2.20. The Labute approximate surface area is 93.4 Å². The van der Waals surface area contributed by atoms with Gasteiger partial charge in [-0.2, -0.15) is 0 Å². The van der Waals surface area contributed by atoms with E-state index in [1.54, 1.807) is 0 Å². The number of likely N-dealkylation sites (tertiary alicyclic amines) is 1. The SMILES string of the molecule is CCCC1CC(C)N(CCOCCO)C1. The Bertz CT molecular complexity index is 164. The Hall–Kier alpha value is -0.120. The van der Waals surface area contributed by atoms with E-state index < -0.39 is 0 Å². The van der Waals surface area contributed by atoms with Gasteiger partial charge in [0, 0.05) is 19.1 Å². The summed E-state index contributed by atoms with van der Waals surface area (Å²) < 4.78 is 5.30. The average Bonchev–Trinajstić information content (AvgIpc) is 2.55. The minimum Gasteiger partial charge on any atom is -0.394 e. The zero-order valence-corrected chi connectivity index (χ0v) is 10.1. The molecule has 1 heterocycles. The predicted molar refractivity (Wildman–Crippen MR) is 62.0 cm³/mol. The van der Waals surface area contributed by atoms with Crippen LogP contribution in [0.25, 0.3) is 0 Å². The maximum atomic E-state index is 8.58. The molecule has 1 aliphatic heterocycles. The normalized spacial score (nSPS) is 27.4. The van der Waals surface area contributed by atoms with Gasteiger partial charge in [0.1, 0.15) is 0 Å². The second-order valence-electron chi connectivity index (χ2n) is 4.57. The third kappa shape index (κ3) is 4.49. The van der Waals surface area contributed by atoms with E-state index in [4.69, 9.17) is 9.84 Å². The van der Waals surface area contributed by atoms with Crippen LogP contribution in [0.2, 0.25) is 0 Å². The second kappa shape index (κ2) is 7.20. The van der Waals surface area contributed by atoms with E-state index in [1.807, 2.05) is 0 Å². The van der Waals surface area contributed by atoms with Gasteiger partial charge in [-0.25, -0.2) is 0 Å². The quantitative estimate of drug-likeness (QED) is 0.653. The number of nitrogens with zero attached hydrogens (tertiary/aromatic N) is 1. The van der Waals surface area contributed by atoms with Crippen molar-refractivity contribution >= 4 is 0 Å². The van der Waals surface area contributed by atoms with Gasteiger partial charge in [0.05, 0.1) is 19.8 Å². The van der Waals surface area contributed by atoms with Crippen LogP contribution in [-0.4, -0.2) is 49.0 Å². The fourth-order valence-electron chi connectivity index (χ4n) is 2.50. The third-order valence-corrected chi connectivity index (χ3v) is 3.25. The van der Waals surface area contributed by atoms with Gasteiger partial charge in [-0.15, -0.1) is 0 Å². The molecule has 0 saturated carbocycles. The number of hydrogen-bond donors (Lipinski definition) is 1. The zero-order chi connectivity index (χ0) is 11.1. The molecular weight excluding hydrogens is 190 g/mol. The van der Waals surface area contributed by atoms with Gasteiger partial charge in [-0.05, 0) is 25.7 Å². The molecule has 0 radical (unpaired) electrons. The average molecular weight is 215 g/mol. The van der Waals surface area contributed by atoms with Crippen molar-refractivity contribution in [1.82, 2.24) is 4.90 Å². The Balaban J connectivity index is 2.13. The molecule has 0 bridgehead atoms. The number of ether oxygens (including phenoxy) is 1. The lowest BCUT2D eigenvalue weighted by molar-refractivity contribution is 0.0718. The standard InChI is InChI=1S/C12H25NO2/c1-3-4-12-9-11(2)13(10-12)5-7-15-8-6-14/h11-12,14H,3-10H2,1-2H3. The van der Waals surface area contributed by atoms with Crippen molar-refractivity contribution in [2.75, 3.05) is 32.9 Å². The molecule has 1 aliphatic rings. The van der Waals surface area contributed by atoms with Crippen molar-refractivity contribution < 1.29 is 9.84 Å². The summed E-state index contributed by atoms with van der Waals surface area (Å²) in [6.45, 7) is 8.18. The molecule has 0 aromatic rings. The lowest BCUT2D eigenvalue weighted by Crippen LogP contribution is -2.31.